The van der Waals surface area contributed by atoms with Crippen LogP contribution in [0.15, 0.2) is 18.2 Å². The van der Waals surface area contributed by atoms with E-state index in [0.29, 0.717) is 17.0 Å². The molecular formula is C15H18N2O3. The van der Waals surface area contributed by atoms with Crippen molar-refractivity contribution in [1.82, 2.24) is 4.90 Å². The van der Waals surface area contributed by atoms with E-state index in [4.69, 9.17) is 4.74 Å². The molecule has 2 aliphatic rings. The zero-order valence-electron chi connectivity index (χ0n) is 11.7. The summed E-state index contributed by atoms with van der Waals surface area (Å²) in [6.07, 6.45) is 1.05. The van der Waals surface area contributed by atoms with E-state index in [-0.39, 0.29) is 17.9 Å². The monoisotopic (exact) mass is 274 g/mol. The lowest BCUT2D eigenvalue weighted by Crippen LogP contribution is -2.26. The summed E-state index contributed by atoms with van der Waals surface area (Å²) in [5, 5.41) is 3.40. The predicted octanol–water partition coefficient (Wildman–Crippen LogP) is 1.75. The van der Waals surface area contributed by atoms with E-state index in [1.807, 2.05) is 6.07 Å². The maximum absolute atomic E-state index is 12.0. The molecule has 0 radical (unpaired) electrons. The maximum Gasteiger partial charge on any atom is 0.261 e. The van der Waals surface area contributed by atoms with Gasteiger partial charge in [0.2, 0.25) is 0 Å². The fourth-order valence-electron chi connectivity index (χ4n) is 2.78. The van der Waals surface area contributed by atoms with Crippen LogP contribution in [0.3, 0.4) is 0 Å². The van der Waals surface area contributed by atoms with Crippen molar-refractivity contribution in [1.29, 1.82) is 0 Å². The first-order chi connectivity index (χ1) is 9.58. The molecule has 5 heteroatoms. The highest BCUT2D eigenvalue weighted by molar-refractivity contribution is 6.21. The van der Waals surface area contributed by atoms with Gasteiger partial charge in [0.25, 0.3) is 11.8 Å². The van der Waals surface area contributed by atoms with Crippen molar-refractivity contribution in [2.24, 2.45) is 5.92 Å². The van der Waals surface area contributed by atoms with Crippen LogP contribution in [0, 0.1) is 5.92 Å². The van der Waals surface area contributed by atoms with Gasteiger partial charge in [0, 0.05) is 31.3 Å². The van der Waals surface area contributed by atoms with Crippen LogP contribution in [0.5, 0.6) is 0 Å². The summed E-state index contributed by atoms with van der Waals surface area (Å²) in [6.45, 7) is 3.71. The first kappa shape index (κ1) is 13.1. The van der Waals surface area contributed by atoms with Crippen molar-refractivity contribution in [3.8, 4) is 0 Å². The van der Waals surface area contributed by atoms with E-state index >= 15 is 0 Å². The molecule has 3 rings (SSSR count). The number of carbonyl (C=O) groups is 2. The molecule has 1 aromatic carbocycles. The molecule has 2 aliphatic heterocycles. The Balaban J connectivity index is 1.79. The Kier molecular flexibility index (Phi) is 3.22. The lowest BCUT2D eigenvalue weighted by molar-refractivity contribution is 0.0693. The molecule has 1 aromatic rings. The van der Waals surface area contributed by atoms with Crippen molar-refractivity contribution in [3.63, 3.8) is 0 Å². The third-order valence-electron chi connectivity index (χ3n) is 4.16. The number of hydrogen-bond acceptors (Lipinski definition) is 4. The van der Waals surface area contributed by atoms with Crippen molar-refractivity contribution in [3.05, 3.63) is 29.3 Å². The minimum atomic E-state index is -0.231. The molecule has 2 unspecified atom stereocenters. The molecule has 20 heavy (non-hydrogen) atoms. The van der Waals surface area contributed by atoms with Gasteiger partial charge in [-0.2, -0.15) is 0 Å². The summed E-state index contributed by atoms with van der Waals surface area (Å²) >= 11 is 0. The summed E-state index contributed by atoms with van der Waals surface area (Å²) < 4.78 is 5.39. The van der Waals surface area contributed by atoms with Gasteiger partial charge in [0.05, 0.1) is 17.7 Å². The third kappa shape index (κ3) is 2.08. The number of amides is 2. The van der Waals surface area contributed by atoms with Crippen LogP contribution in [0.2, 0.25) is 0 Å². The van der Waals surface area contributed by atoms with E-state index in [1.165, 1.54) is 7.05 Å². The Morgan fingerprint density at radius 2 is 2.05 bits per heavy atom. The van der Waals surface area contributed by atoms with Crippen LogP contribution in [-0.2, 0) is 4.74 Å². The zero-order valence-corrected chi connectivity index (χ0v) is 11.7. The van der Waals surface area contributed by atoms with E-state index in [0.717, 1.165) is 30.2 Å². The highest BCUT2D eigenvalue weighted by Gasteiger charge is 2.33. The van der Waals surface area contributed by atoms with Crippen molar-refractivity contribution < 1.29 is 14.3 Å². The number of fused-ring (bicyclic) bond motifs is 1. The Morgan fingerprint density at radius 1 is 1.30 bits per heavy atom. The van der Waals surface area contributed by atoms with Crippen LogP contribution in [0.1, 0.15) is 34.1 Å². The second-order valence-electron chi connectivity index (χ2n) is 5.49. The number of ether oxygens (including phenoxy) is 1. The highest BCUT2D eigenvalue weighted by Crippen LogP contribution is 2.26. The Bertz CT molecular complexity index is 564. The Morgan fingerprint density at radius 3 is 2.75 bits per heavy atom. The van der Waals surface area contributed by atoms with E-state index in [1.54, 1.807) is 12.1 Å². The molecule has 0 bridgehead atoms. The largest absolute Gasteiger partial charge is 0.382 e. The molecule has 0 aliphatic carbocycles. The second kappa shape index (κ2) is 4.90. The summed E-state index contributed by atoms with van der Waals surface area (Å²) in [5.41, 5.74) is 1.84. The fourth-order valence-corrected chi connectivity index (χ4v) is 2.78. The van der Waals surface area contributed by atoms with Gasteiger partial charge < -0.3 is 10.1 Å². The molecule has 5 nitrogen and oxygen atoms in total. The van der Waals surface area contributed by atoms with Gasteiger partial charge in [-0.25, -0.2) is 0 Å². The van der Waals surface area contributed by atoms with Crippen molar-refractivity contribution in [2.45, 2.75) is 19.4 Å². The molecule has 2 atom stereocenters. The summed E-state index contributed by atoms with van der Waals surface area (Å²) in [4.78, 5) is 24.9. The van der Waals surface area contributed by atoms with Crippen LogP contribution in [-0.4, -0.2) is 43.0 Å². The fraction of sp³-hybridized carbons (Fsp3) is 0.467. The van der Waals surface area contributed by atoms with Crippen molar-refractivity contribution >= 4 is 17.5 Å². The van der Waals surface area contributed by atoms with Gasteiger partial charge in [0.15, 0.2) is 0 Å². The SMILES string of the molecule is CC(Nc1ccc2c(c1)C(=O)N(C)C2=O)C1CCOC1. The first-order valence-electron chi connectivity index (χ1n) is 6.88. The van der Waals surface area contributed by atoms with Gasteiger partial charge in [-0.15, -0.1) is 0 Å². The Labute approximate surface area is 117 Å². The molecule has 0 spiro atoms. The minimum Gasteiger partial charge on any atom is -0.382 e. The van der Waals surface area contributed by atoms with Crippen LogP contribution >= 0.6 is 0 Å². The van der Waals surface area contributed by atoms with Gasteiger partial charge in [-0.3, -0.25) is 14.5 Å². The molecule has 106 valence electrons. The summed E-state index contributed by atoms with van der Waals surface area (Å²) in [7, 11) is 1.51. The number of rotatable bonds is 3. The van der Waals surface area contributed by atoms with Gasteiger partial charge >= 0.3 is 0 Å². The molecule has 1 fully saturated rings. The van der Waals surface area contributed by atoms with Crippen LogP contribution in [0.4, 0.5) is 5.69 Å². The number of hydrogen-bond donors (Lipinski definition) is 1. The quantitative estimate of drug-likeness (QED) is 0.853. The van der Waals surface area contributed by atoms with Crippen LogP contribution in [0.25, 0.3) is 0 Å². The number of imide groups is 1. The smallest absolute Gasteiger partial charge is 0.261 e. The van der Waals surface area contributed by atoms with Crippen LogP contribution < -0.4 is 5.32 Å². The predicted molar refractivity (Wildman–Crippen MR) is 74.9 cm³/mol. The number of benzene rings is 1. The lowest BCUT2D eigenvalue weighted by Gasteiger charge is -2.20. The maximum atomic E-state index is 12.0. The molecular weight excluding hydrogens is 256 g/mol. The summed E-state index contributed by atoms with van der Waals surface area (Å²) in [5.74, 6) is 0.0301. The summed E-state index contributed by atoms with van der Waals surface area (Å²) in [6, 6.07) is 5.63. The molecule has 1 saturated heterocycles. The third-order valence-corrected chi connectivity index (χ3v) is 4.16. The second-order valence-corrected chi connectivity index (χ2v) is 5.49. The molecule has 1 N–H and O–H groups in total. The molecule has 0 aromatic heterocycles. The first-order valence-corrected chi connectivity index (χ1v) is 6.88. The zero-order chi connectivity index (χ0) is 14.3. The van der Waals surface area contributed by atoms with Gasteiger partial charge in [0.1, 0.15) is 0 Å². The number of anilines is 1. The van der Waals surface area contributed by atoms with E-state index in [9.17, 15) is 9.59 Å². The van der Waals surface area contributed by atoms with Gasteiger partial charge in [-0.05, 0) is 31.5 Å². The number of carbonyl (C=O) groups excluding carboxylic acids is 2. The standard InChI is InChI=1S/C15H18N2O3/c1-9(10-5-6-20-8-10)16-11-3-4-12-13(7-11)15(19)17(2)14(12)18/h3-4,7,9-10,16H,5-6,8H2,1-2H3. The molecule has 0 saturated carbocycles. The van der Waals surface area contributed by atoms with Gasteiger partial charge in [-0.1, -0.05) is 0 Å². The molecule has 2 heterocycles. The lowest BCUT2D eigenvalue weighted by atomic mass is 10.00. The Hall–Kier alpha value is -1.88. The average Bonchev–Trinajstić information content (AvgIpc) is 3.04. The van der Waals surface area contributed by atoms with Crippen molar-refractivity contribution in [2.75, 3.05) is 25.6 Å². The number of nitrogens with zero attached hydrogens (tertiary/aromatic N) is 1. The normalized spacial score (nSPS) is 23.1. The minimum absolute atomic E-state index is 0.228. The topological polar surface area (TPSA) is 58.6 Å². The number of nitrogens with one attached hydrogen (secondary N) is 1. The molecule has 2 amide bonds. The van der Waals surface area contributed by atoms with E-state index < -0.39 is 0 Å². The van der Waals surface area contributed by atoms with E-state index in [2.05, 4.69) is 12.2 Å². The highest BCUT2D eigenvalue weighted by atomic mass is 16.5. The average molecular weight is 274 g/mol.